The normalized spacial score (nSPS) is 16.2. The third-order valence-electron chi connectivity index (χ3n) is 3.51. The van der Waals surface area contributed by atoms with Gasteiger partial charge in [-0.05, 0) is 18.6 Å². The lowest BCUT2D eigenvalue weighted by molar-refractivity contribution is 0.0117. The lowest BCUT2D eigenvalue weighted by Crippen LogP contribution is -2.40. The van der Waals surface area contributed by atoms with Crippen molar-refractivity contribution in [1.29, 1.82) is 0 Å². The monoisotopic (exact) mass is 323 g/mol. The van der Waals surface area contributed by atoms with Gasteiger partial charge in [0.25, 0.3) is 5.91 Å². The topological polar surface area (TPSA) is 68.2 Å². The van der Waals surface area contributed by atoms with Crippen molar-refractivity contribution in [3.05, 3.63) is 29.8 Å². The van der Waals surface area contributed by atoms with Crippen LogP contribution in [0.5, 0.6) is 5.75 Å². The molecule has 0 unspecified atom stereocenters. The van der Waals surface area contributed by atoms with Crippen LogP contribution in [0, 0.1) is 0 Å². The fourth-order valence-corrected chi connectivity index (χ4v) is 2.30. The fourth-order valence-electron chi connectivity index (χ4n) is 2.30. The Kier molecular flexibility index (Phi) is 7.32. The molecule has 6 nitrogen and oxygen atoms in total. The number of nitrogens with zero attached hydrogens (tertiary/aromatic N) is 1. The van der Waals surface area contributed by atoms with Gasteiger partial charge in [0.15, 0.2) is 0 Å². The summed E-state index contributed by atoms with van der Waals surface area (Å²) in [4.78, 5) is 14.3. The third-order valence-corrected chi connectivity index (χ3v) is 3.51. The highest BCUT2D eigenvalue weighted by atomic mass is 16.5. The number of benzene rings is 1. The van der Waals surface area contributed by atoms with Crippen LogP contribution in [0.1, 0.15) is 23.7 Å². The Morgan fingerprint density at radius 1 is 1.30 bits per heavy atom. The van der Waals surface area contributed by atoms with Crippen molar-refractivity contribution in [2.45, 2.75) is 19.4 Å². The molecule has 1 amide bonds. The zero-order valence-electron chi connectivity index (χ0n) is 13.6. The van der Waals surface area contributed by atoms with Crippen LogP contribution >= 0.6 is 0 Å². The number of morpholine rings is 1. The lowest BCUT2D eigenvalue weighted by Gasteiger charge is -2.27. The van der Waals surface area contributed by atoms with Gasteiger partial charge in [0.05, 0.1) is 25.4 Å². The molecular formula is C17H25NO5. The van der Waals surface area contributed by atoms with Crippen molar-refractivity contribution in [1.82, 2.24) is 4.90 Å². The maximum Gasteiger partial charge on any atom is 0.257 e. The Morgan fingerprint density at radius 3 is 2.78 bits per heavy atom. The number of amides is 1. The molecule has 0 spiro atoms. The van der Waals surface area contributed by atoms with E-state index in [0.717, 1.165) is 6.42 Å². The SMILES string of the molecule is CCCOC[C@H](O)COc1ccccc1C(=O)N1CCOCC1. The Morgan fingerprint density at radius 2 is 2.04 bits per heavy atom. The Hall–Kier alpha value is -1.63. The minimum atomic E-state index is -0.715. The molecule has 23 heavy (non-hydrogen) atoms. The van der Waals surface area contributed by atoms with Crippen molar-refractivity contribution < 1.29 is 24.1 Å². The van der Waals surface area contributed by atoms with Crippen LogP contribution < -0.4 is 4.74 Å². The van der Waals surface area contributed by atoms with E-state index in [-0.39, 0.29) is 19.1 Å². The zero-order chi connectivity index (χ0) is 16.5. The maximum absolute atomic E-state index is 12.6. The molecule has 1 fully saturated rings. The Balaban J connectivity index is 1.93. The van der Waals surface area contributed by atoms with Gasteiger partial charge in [-0.3, -0.25) is 4.79 Å². The molecule has 0 aromatic heterocycles. The fraction of sp³-hybridized carbons (Fsp3) is 0.588. The van der Waals surface area contributed by atoms with Gasteiger partial charge in [-0.15, -0.1) is 0 Å². The van der Waals surface area contributed by atoms with Crippen LogP contribution in [0.15, 0.2) is 24.3 Å². The van der Waals surface area contributed by atoms with E-state index >= 15 is 0 Å². The number of rotatable bonds is 8. The molecule has 0 aliphatic carbocycles. The van der Waals surface area contributed by atoms with Crippen molar-refractivity contribution in [3.63, 3.8) is 0 Å². The van der Waals surface area contributed by atoms with E-state index < -0.39 is 6.10 Å². The molecule has 1 aliphatic rings. The molecular weight excluding hydrogens is 298 g/mol. The van der Waals surface area contributed by atoms with Gasteiger partial charge >= 0.3 is 0 Å². The number of carbonyl (C=O) groups is 1. The molecule has 1 saturated heterocycles. The van der Waals surface area contributed by atoms with Crippen molar-refractivity contribution in [2.75, 3.05) is 46.1 Å². The Bertz CT molecular complexity index is 488. The van der Waals surface area contributed by atoms with Crippen LogP contribution in [0.3, 0.4) is 0 Å². The van der Waals surface area contributed by atoms with Gasteiger partial charge < -0.3 is 24.2 Å². The van der Waals surface area contributed by atoms with Gasteiger partial charge in [-0.25, -0.2) is 0 Å². The summed E-state index contributed by atoms with van der Waals surface area (Å²) in [5.41, 5.74) is 0.510. The molecule has 1 aliphatic heterocycles. The summed E-state index contributed by atoms with van der Waals surface area (Å²) in [5.74, 6) is 0.416. The van der Waals surface area contributed by atoms with E-state index in [0.29, 0.717) is 44.2 Å². The van der Waals surface area contributed by atoms with Crippen LogP contribution in [0.4, 0.5) is 0 Å². The number of carbonyl (C=O) groups excluding carboxylic acids is 1. The lowest BCUT2D eigenvalue weighted by atomic mass is 10.1. The molecule has 1 N–H and O–H groups in total. The average molecular weight is 323 g/mol. The molecule has 128 valence electrons. The summed E-state index contributed by atoms with van der Waals surface area (Å²) in [5, 5.41) is 9.85. The summed E-state index contributed by atoms with van der Waals surface area (Å²) in [7, 11) is 0. The molecule has 1 heterocycles. The number of hydrogen-bond donors (Lipinski definition) is 1. The number of para-hydroxylation sites is 1. The van der Waals surface area contributed by atoms with E-state index in [9.17, 15) is 9.90 Å². The Labute approximate surface area is 136 Å². The van der Waals surface area contributed by atoms with Crippen molar-refractivity contribution in [3.8, 4) is 5.75 Å². The second-order valence-electron chi connectivity index (χ2n) is 5.44. The molecule has 0 saturated carbocycles. The van der Waals surface area contributed by atoms with Crippen LogP contribution in [-0.2, 0) is 9.47 Å². The largest absolute Gasteiger partial charge is 0.490 e. The smallest absolute Gasteiger partial charge is 0.257 e. The molecule has 1 atom stereocenters. The number of aliphatic hydroxyl groups excluding tert-OH is 1. The third kappa shape index (κ3) is 5.49. The average Bonchev–Trinajstić information content (AvgIpc) is 2.60. The van der Waals surface area contributed by atoms with Gasteiger partial charge in [0.2, 0.25) is 0 Å². The number of hydrogen-bond acceptors (Lipinski definition) is 5. The quantitative estimate of drug-likeness (QED) is 0.731. The summed E-state index contributed by atoms with van der Waals surface area (Å²) in [6.45, 7) is 5.23. The second-order valence-corrected chi connectivity index (χ2v) is 5.44. The van der Waals surface area contributed by atoms with Gasteiger partial charge in [-0.1, -0.05) is 19.1 Å². The summed E-state index contributed by atoms with van der Waals surface area (Å²) >= 11 is 0. The minimum Gasteiger partial charge on any atom is -0.490 e. The number of aliphatic hydroxyl groups is 1. The maximum atomic E-state index is 12.6. The van der Waals surface area contributed by atoms with Crippen LogP contribution in [-0.4, -0.2) is 68.1 Å². The van der Waals surface area contributed by atoms with E-state index in [2.05, 4.69) is 0 Å². The first-order valence-electron chi connectivity index (χ1n) is 8.07. The second kappa shape index (κ2) is 9.50. The van der Waals surface area contributed by atoms with E-state index in [4.69, 9.17) is 14.2 Å². The molecule has 0 bridgehead atoms. The first kappa shape index (κ1) is 17.7. The predicted octanol–water partition coefficient (Wildman–Crippen LogP) is 1.33. The molecule has 0 radical (unpaired) electrons. The standard InChI is InChI=1S/C17H25NO5/c1-2-9-22-12-14(19)13-23-16-6-4-3-5-15(16)17(20)18-7-10-21-11-8-18/h3-6,14,19H,2,7-13H2,1H3/t14-/m0/s1. The summed E-state index contributed by atoms with van der Waals surface area (Å²) < 4.78 is 16.2. The predicted molar refractivity (Wildman–Crippen MR) is 85.8 cm³/mol. The number of ether oxygens (including phenoxy) is 3. The van der Waals surface area contributed by atoms with Gasteiger partial charge in [0.1, 0.15) is 18.5 Å². The highest BCUT2D eigenvalue weighted by molar-refractivity contribution is 5.97. The molecule has 6 heteroatoms. The van der Waals surface area contributed by atoms with Crippen LogP contribution in [0.25, 0.3) is 0 Å². The highest BCUT2D eigenvalue weighted by Crippen LogP contribution is 2.20. The first-order chi connectivity index (χ1) is 11.2. The van der Waals surface area contributed by atoms with E-state index in [1.807, 2.05) is 13.0 Å². The molecule has 2 rings (SSSR count). The summed E-state index contributed by atoms with van der Waals surface area (Å²) in [6.07, 6.45) is 0.192. The van der Waals surface area contributed by atoms with E-state index in [1.165, 1.54) is 0 Å². The molecule has 1 aromatic carbocycles. The zero-order valence-corrected chi connectivity index (χ0v) is 13.6. The minimum absolute atomic E-state index is 0.0689. The van der Waals surface area contributed by atoms with Gasteiger partial charge in [0, 0.05) is 19.7 Å². The molecule has 1 aromatic rings. The van der Waals surface area contributed by atoms with E-state index in [1.54, 1.807) is 23.1 Å². The first-order valence-corrected chi connectivity index (χ1v) is 8.07. The van der Waals surface area contributed by atoms with Crippen LogP contribution in [0.2, 0.25) is 0 Å². The van der Waals surface area contributed by atoms with Crippen molar-refractivity contribution in [2.24, 2.45) is 0 Å². The van der Waals surface area contributed by atoms with Crippen molar-refractivity contribution >= 4 is 5.91 Å². The van der Waals surface area contributed by atoms with Gasteiger partial charge in [-0.2, -0.15) is 0 Å². The highest BCUT2D eigenvalue weighted by Gasteiger charge is 2.21. The summed E-state index contributed by atoms with van der Waals surface area (Å²) in [6, 6.07) is 7.10.